The van der Waals surface area contributed by atoms with Crippen LogP contribution in [0.5, 0.6) is 0 Å². The molecule has 1 aliphatic rings. The third-order valence-electron chi connectivity index (χ3n) is 4.66. The maximum Gasteiger partial charge on any atom is 0.164 e. The van der Waals surface area contributed by atoms with Gasteiger partial charge in [-0.2, -0.15) is 0 Å². The summed E-state index contributed by atoms with van der Waals surface area (Å²) in [4.78, 5) is 0. The van der Waals surface area contributed by atoms with Gasteiger partial charge in [-0.25, -0.2) is 0 Å². The summed E-state index contributed by atoms with van der Waals surface area (Å²) in [6, 6.07) is 20.0. The lowest BCUT2D eigenvalue weighted by Gasteiger charge is -2.44. The lowest BCUT2D eigenvalue weighted by atomic mass is 10.0. The van der Waals surface area contributed by atoms with Crippen molar-refractivity contribution in [3.8, 4) is 0 Å². The molecule has 5 nitrogen and oxygen atoms in total. The van der Waals surface area contributed by atoms with Gasteiger partial charge in [0.05, 0.1) is 26.4 Å². The van der Waals surface area contributed by atoms with Crippen molar-refractivity contribution in [1.29, 1.82) is 0 Å². The van der Waals surface area contributed by atoms with Crippen LogP contribution in [0, 0.1) is 0 Å². The molecule has 1 aliphatic heterocycles. The summed E-state index contributed by atoms with van der Waals surface area (Å²) in [6.07, 6.45) is 2.50. The Hall–Kier alpha value is -2.02. The summed E-state index contributed by atoms with van der Waals surface area (Å²) < 4.78 is 24.4. The van der Waals surface area contributed by atoms with Crippen molar-refractivity contribution in [2.75, 3.05) is 13.2 Å². The van der Waals surface area contributed by atoms with Crippen molar-refractivity contribution in [2.24, 2.45) is 0 Å². The average Bonchev–Trinajstić information content (AvgIpc) is 2.72. The van der Waals surface area contributed by atoms with Gasteiger partial charge in [0.1, 0.15) is 18.3 Å². The van der Waals surface area contributed by atoms with Crippen molar-refractivity contribution in [3.63, 3.8) is 0 Å². The Bertz CT molecular complexity index is 744. The fourth-order valence-electron chi connectivity index (χ4n) is 3.37. The van der Waals surface area contributed by atoms with Gasteiger partial charge in [-0.3, -0.25) is 0 Å². The van der Waals surface area contributed by atoms with E-state index < -0.39 is 5.79 Å². The molecule has 3 rings (SSSR count). The SMILES string of the molecule is CC1(C)O[C@@H](/C=C/CO)C(OCc2ccccc2)[C@@H](COCc2ccccc2)O1. The molecule has 0 aromatic heterocycles. The van der Waals surface area contributed by atoms with E-state index in [1.807, 2.05) is 80.6 Å². The maximum atomic E-state index is 9.22. The fourth-order valence-corrected chi connectivity index (χ4v) is 3.37. The van der Waals surface area contributed by atoms with Crippen LogP contribution < -0.4 is 0 Å². The molecule has 0 amide bonds. The maximum absolute atomic E-state index is 9.22. The first-order chi connectivity index (χ1) is 14.1. The van der Waals surface area contributed by atoms with E-state index in [0.717, 1.165) is 11.1 Å². The number of aliphatic hydroxyl groups excluding tert-OH is 1. The predicted molar refractivity (Wildman–Crippen MR) is 111 cm³/mol. The van der Waals surface area contributed by atoms with Crippen molar-refractivity contribution in [1.82, 2.24) is 0 Å². The van der Waals surface area contributed by atoms with Gasteiger partial charge in [0.2, 0.25) is 0 Å². The van der Waals surface area contributed by atoms with Crippen LogP contribution in [0.3, 0.4) is 0 Å². The molecule has 0 aliphatic carbocycles. The molecule has 0 spiro atoms. The van der Waals surface area contributed by atoms with Crippen LogP contribution in [0.15, 0.2) is 72.8 Å². The number of benzene rings is 2. The molecule has 1 N–H and O–H groups in total. The van der Waals surface area contributed by atoms with Gasteiger partial charge >= 0.3 is 0 Å². The van der Waals surface area contributed by atoms with Crippen molar-refractivity contribution >= 4 is 0 Å². The topological polar surface area (TPSA) is 57.2 Å². The standard InChI is InChI=1S/C24H30O5/c1-24(2)28-21(14-9-15-25)23(27-17-20-12-7-4-8-13-20)22(29-24)18-26-16-19-10-5-3-6-11-19/h3-14,21-23,25H,15-18H2,1-2H3/b14-9+/t21-,22+,23?/m0/s1. The van der Waals surface area contributed by atoms with Crippen LogP contribution >= 0.6 is 0 Å². The molecule has 156 valence electrons. The Morgan fingerprint density at radius 3 is 2.17 bits per heavy atom. The minimum Gasteiger partial charge on any atom is -0.392 e. The van der Waals surface area contributed by atoms with Crippen LogP contribution in [-0.4, -0.2) is 42.4 Å². The largest absolute Gasteiger partial charge is 0.392 e. The smallest absolute Gasteiger partial charge is 0.164 e. The summed E-state index contributed by atoms with van der Waals surface area (Å²) >= 11 is 0. The van der Waals surface area contributed by atoms with Gasteiger partial charge in [0, 0.05) is 0 Å². The summed E-state index contributed by atoms with van der Waals surface area (Å²) in [5, 5.41) is 9.22. The molecule has 1 heterocycles. The normalized spacial score (nSPS) is 24.0. The van der Waals surface area contributed by atoms with Gasteiger partial charge in [0.15, 0.2) is 5.79 Å². The molecule has 29 heavy (non-hydrogen) atoms. The lowest BCUT2D eigenvalue weighted by Crippen LogP contribution is -2.56. The van der Waals surface area contributed by atoms with E-state index in [1.54, 1.807) is 6.08 Å². The lowest BCUT2D eigenvalue weighted by molar-refractivity contribution is -0.336. The van der Waals surface area contributed by atoms with Gasteiger partial charge in [0.25, 0.3) is 0 Å². The summed E-state index contributed by atoms with van der Waals surface area (Å²) in [5.74, 6) is -0.780. The molecular formula is C24H30O5. The molecule has 3 atom stereocenters. The fraction of sp³-hybridized carbons (Fsp3) is 0.417. The van der Waals surface area contributed by atoms with E-state index in [4.69, 9.17) is 18.9 Å². The zero-order chi connectivity index (χ0) is 20.5. The number of ether oxygens (including phenoxy) is 4. The van der Waals surface area contributed by atoms with Crippen molar-refractivity contribution < 1.29 is 24.1 Å². The van der Waals surface area contributed by atoms with Crippen LogP contribution in [-0.2, 0) is 32.2 Å². The molecule has 0 radical (unpaired) electrons. The monoisotopic (exact) mass is 398 g/mol. The minimum atomic E-state index is -0.780. The van der Waals surface area contributed by atoms with E-state index in [0.29, 0.717) is 19.8 Å². The molecular weight excluding hydrogens is 368 g/mol. The van der Waals surface area contributed by atoms with Crippen LogP contribution in [0.25, 0.3) is 0 Å². The van der Waals surface area contributed by atoms with Gasteiger partial charge < -0.3 is 24.1 Å². The van der Waals surface area contributed by atoms with Crippen molar-refractivity contribution in [3.05, 3.63) is 83.9 Å². The second kappa shape index (κ2) is 10.7. The van der Waals surface area contributed by atoms with E-state index in [1.165, 1.54) is 0 Å². The first-order valence-corrected chi connectivity index (χ1v) is 9.98. The van der Waals surface area contributed by atoms with Crippen molar-refractivity contribution in [2.45, 2.75) is 51.2 Å². The third-order valence-corrected chi connectivity index (χ3v) is 4.66. The second-order valence-corrected chi connectivity index (χ2v) is 7.51. The number of aliphatic hydroxyl groups is 1. The van der Waals surface area contributed by atoms with Gasteiger partial charge in [-0.1, -0.05) is 72.8 Å². The molecule has 0 saturated carbocycles. The third kappa shape index (κ3) is 6.77. The minimum absolute atomic E-state index is 0.0538. The number of hydrogen-bond acceptors (Lipinski definition) is 5. The zero-order valence-electron chi connectivity index (χ0n) is 17.1. The van der Waals surface area contributed by atoms with E-state index in [2.05, 4.69) is 0 Å². The Balaban J connectivity index is 1.69. The van der Waals surface area contributed by atoms with E-state index >= 15 is 0 Å². The summed E-state index contributed by atoms with van der Waals surface area (Å²) in [6.45, 7) is 5.03. The predicted octanol–water partition coefficient (Wildman–Crippen LogP) is 3.86. The average molecular weight is 398 g/mol. The highest BCUT2D eigenvalue weighted by Crippen LogP contribution is 2.30. The highest BCUT2D eigenvalue weighted by Gasteiger charge is 2.43. The first-order valence-electron chi connectivity index (χ1n) is 9.98. The van der Waals surface area contributed by atoms with E-state index in [-0.39, 0.29) is 24.9 Å². The molecule has 2 aromatic carbocycles. The second-order valence-electron chi connectivity index (χ2n) is 7.51. The molecule has 0 bridgehead atoms. The summed E-state index contributed by atoms with van der Waals surface area (Å²) in [5.41, 5.74) is 2.18. The molecule has 5 heteroatoms. The molecule has 1 saturated heterocycles. The molecule has 1 unspecified atom stereocenters. The van der Waals surface area contributed by atoms with Crippen LogP contribution in [0.4, 0.5) is 0 Å². The quantitative estimate of drug-likeness (QED) is 0.650. The number of rotatable bonds is 9. The zero-order valence-corrected chi connectivity index (χ0v) is 17.1. The molecule has 2 aromatic rings. The van der Waals surface area contributed by atoms with Gasteiger partial charge in [-0.15, -0.1) is 0 Å². The highest BCUT2D eigenvalue weighted by molar-refractivity contribution is 5.14. The van der Waals surface area contributed by atoms with Crippen LogP contribution in [0.1, 0.15) is 25.0 Å². The molecule has 1 fully saturated rings. The Morgan fingerprint density at radius 2 is 1.55 bits per heavy atom. The highest BCUT2D eigenvalue weighted by atomic mass is 16.7. The Kier molecular flexibility index (Phi) is 7.98. The van der Waals surface area contributed by atoms with E-state index in [9.17, 15) is 5.11 Å². The Labute approximate surface area is 172 Å². The number of hydrogen-bond donors (Lipinski definition) is 1. The Morgan fingerprint density at radius 1 is 0.931 bits per heavy atom. The first kappa shape index (κ1) is 21.7. The summed E-state index contributed by atoms with van der Waals surface area (Å²) in [7, 11) is 0. The van der Waals surface area contributed by atoms with Gasteiger partial charge in [-0.05, 0) is 25.0 Å². The van der Waals surface area contributed by atoms with Crippen LogP contribution in [0.2, 0.25) is 0 Å².